The summed E-state index contributed by atoms with van der Waals surface area (Å²) in [4.78, 5) is 16.5. The molecule has 0 aliphatic rings. The zero-order chi connectivity index (χ0) is 23.0. The van der Waals surface area contributed by atoms with Crippen molar-refractivity contribution in [1.29, 1.82) is 0 Å². The summed E-state index contributed by atoms with van der Waals surface area (Å²) < 4.78 is 5.49. The Bertz CT molecular complexity index is 988. The Kier molecular flexibility index (Phi) is 9.13. The van der Waals surface area contributed by atoms with Crippen LogP contribution in [-0.4, -0.2) is 36.6 Å². The maximum Gasteiger partial charge on any atom is 0.122 e. The molecular weight excluding hydrogens is 410 g/mol. The lowest BCUT2D eigenvalue weighted by atomic mass is 9.91. The number of methoxy groups -OCH3 is 1. The van der Waals surface area contributed by atoms with Crippen LogP contribution in [0.4, 0.5) is 0 Å². The molecule has 6 heteroatoms. The molecular formula is C25H30ClN3O2. The van der Waals surface area contributed by atoms with E-state index in [1.807, 2.05) is 57.2 Å². The van der Waals surface area contributed by atoms with Gasteiger partial charge in [0.05, 0.1) is 24.6 Å². The number of aliphatic imine (C=N–C) groups is 1. The van der Waals surface area contributed by atoms with Crippen LogP contribution in [0.2, 0.25) is 5.02 Å². The van der Waals surface area contributed by atoms with Crippen molar-refractivity contribution in [3.8, 4) is 5.75 Å². The van der Waals surface area contributed by atoms with Crippen LogP contribution in [0.15, 0.2) is 57.7 Å². The minimum atomic E-state index is -0.433. The predicted octanol–water partition coefficient (Wildman–Crippen LogP) is 6.12. The van der Waals surface area contributed by atoms with Crippen molar-refractivity contribution >= 4 is 35.0 Å². The van der Waals surface area contributed by atoms with E-state index in [1.54, 1.807) is 7.11 Å². The van der Waals surface area contributed by atoms with Gasteiger partial charge in [0.1, 0.15) is 12.0 Å². The number of halogens is 1. The van der Waals surface area contributed by atoms with Gasteiger partial charge in [-0.3, -0.25) is 4.99 Å². The number of benzene rings is 2. The van der Waals surface area contributed by atoms with Crippen molar-refractivity contribution in [2.45, 2.75) is 53.0 Å². The maximum absolute atomic E-state index is 11.4. The average molecular weight is 440 g/mol. The van der Waals surface area contributed by atoms with E-state index >= 15 is 0 Å². The van der Waals surface area contributed by atoms with E-state index in [1.165, 1.54) is 0 Å². The molecule has 0 saturated carbocycles. The fraction of sp³-hybridized carbons (Fsp3) is 0.360. The lowest BCUT2D eigenvalue weighted by Gasteiger charge is -2.19. The molecule has 0 heterocycles. The van der Waals surface area contributed by atoms with Gasteiger partial charge in [-0.05, 0) is 56.5 Å². The fourth-order valence-electron chi connectivity index (χ4n) is 3.09. The van der Waals surface area contributed by atoms with E-state index in [0.717, 1.165) is 40.1 Å². The van der Waals surface area contributed by atoms with E-state index in [-0.39, 0.29) is 12.3 Å². The first-order valence-electron chi connectivity index (χ1n) is 10.3. The lowest BCUT2D eigenvalue weighted by Crippen LogP contribution is -2.20. The Morgan fingerprint density at radius 1 is 1.06 bits per heavy atom. The topological polar surface area (TPSA) is 63.4 Å². The molecule has 164 valence electrons. The molecule has 0 saturated heterocycles. The number of ether oxygens (including phenoxy) is 1. The number of rotatable bonds is 9. The minimum absolute atomic E-state index is 0.214. The standard InChI is InChI=1S/C25H30ClN3O2/c1-16(2)22-12-11-21(31-6)15-23(22)25(19-7-9-20(26)10-8-19)27-24(13-14-30)18(5)29-28-17(3)4/h7-12,14-16,24H,13H2,1-6H3/b27-25?,29-18+/t24-/m0/s1. The number of nitrogens with zero attached hydrogens (tertiary/aromatic N) is 3. The number of carbonyl (C=O) groups excluding carboxylic acids is 1. The molecule has 5 nitrogen and oxygen atoms in total. The molecule has 0 spiro atoms. The van der Waals surface area contributed by atoms with Crippen LogP contribution in [-0.2, 0) is 4.79 Å². The third-order valence-corrected chi connectivity index (χ3v) is 5.00. The Balaban J connectivity index is 2.76. The number of hydrogen-bond acceptors (Lipinski definition) is 5. The Morgan fingerprint density at radius 3 is 2.29 bits per heavy atom. The number of hydrogen-bond donors (Lipinski definition) is 0. The van der Waals surface area contributed by atoms with Gasteiger partial charge in [0.15, 0.2) is 0 Å². The molecule has 2 aromatic rings. The predicted molar refractivity (Wildman–Crippen MR) is 131 cm³/mol. The van der Waals surface area contributed by atoms with Gasteiger partial charge in [-0.1, -0.05) is 43.6 Å². The molecule has 0 aliphatic heterocycles. The normalized spacial score (nSPS) is 13.2. The molecule has 31 heavy (non-hydrogen) atoms. The summed E-state index contributed by atoms with van der Waals surface area (Å²) in [6.45, 7) is 9.87. The molecule has 2 aromatic carbocycles. The van der Waals surface area contributed by atoms with Crippen LogP contribution >= 0.6 is 11.6 Å². The van der Waals surface area contributed by atoms with Crippen molar-refractivity contribution in [1.82, 2.24) is 0 Å². The largest absolute Gasteiger partial charge is 0.497 e. The Labute approximate surface area is 189 Å². The monoisotopic (exact) mass is 439 g/mol. The first-order valence-corrected chi connectivity index (χ1v) is 10.7. The summed E-state index contributed by atoms with van der Waals surface area (Å²) in [5.74, 6) is 1.01. The summed E-state index contributed by atoms with van der Waals surface area (Å²) in [6.07, 6.45) is 1.08. The van der Waals surface area contributed by atoms with Crippen molar-refractivity contribution in [3.63, 3.8) is 0 Å². The van der Waals surface area contributed by atoms with E-state index in [4.69, 9.17) is 21.3 Å². The third-order valence-electron chi connectivity index (χ3n) is 4.75. The van der Waals surface area contributed by atoms with Crippen LogP contribution < -0.4 is 4.74 Å². The number of carbonyl (C=O) groups is 1. The van der Waals surface area contributed by atoms with Gasteiger partial charge in [0.25, 0.3) is 0 Å². The van der Waals surface area contributed by atoms with Crippen LogP contribution in [0.5, 0.6) is 5.75 Å². The summed E-state index contributed by atoms with van der Waals surface area (Å²) in [7, 11) is 1.64. The van der Waals surface area contributed by atoms with E-state index < -0.39 is 6.04 Å². The first-order chi connectivity index (χ1) is 14.8. The molecule has 0 fully saturated rings. The van der Waals surface area contributed by atoms with Crippen LogP contribution in [0.25, 0.3) is 0 Å². The highest BCUT2D eigenvalue weighted by Gasteiger charge is 2.19. The van der Waals surface area contributed by atoms with Gasteiger partial charge in [0, 0.05) is 28.3 Å². The molecule has 0 N–H and O–H groups in total. The first kappa shape index (κ1) is 24.5. The number of aldehydes is 1. The highest BCUT2D eigenvalue weighted by atomic mass is 35.5. The van der Waals surface area contributed by atoms with E-state index in [0.29, 0.717) is 10.7 Å². The highest BCUT2D eigenvalue weighted by molar-refractivity contribution is 6.30. The van der Waals surface area contributed by atoms with E-state index in [9.17, 15) is 4.79 Å². The summed E-state index contributed by atoms with van der Waals surface area (Å²) in [5.41, 5.74) is 5.26. The zero-order valence-corrected chi connectivity index (χ0v) is 19.8. The van der Waals surface area contributed by atoms with Crippen LogP contribution in [0.3, 0.4) is 0 Å². The van der Waals surface area contributed by atoms with Crippen molar-refractivity contribution in [2.24, 2.45) is 15.2 Å². The second-order valence-corrected chi connectivity index (χ2v) is 8.24. The molecule has 0 unspecified atom stereocenters. The second kappa shape index (κ2) is 11.6. The average Bonchev–Trinajstić information content (AvgIpc) is 2.75. The van der Waals surface area contributed by atoms with Gasteiger partial charge in [-0.2, -0.15) is 10.2 Å². The molecule has 0 aliphatic carbocycles. The Hall–Kier alpha value is -2.79. The Morgan fingerprint density at radius 2 is 1.74 bits per heavy atom. The molecule has 0 amide bonds. The van der Waals surface area contributed by atoms with Gasteiger partial charge in [-0.15, -0.1) is 0 Å². The molecule has 0 bridgehead atoms. The van der Waals surface area contributed by atoms with E-state index in [2.05, 4.69) is 30.1 Å². The van der Waals surface area contributed by atoms with Gasteiger partial charge in [0.2, 0.25) is 0 Å². The van der Waals surface area contributed by atoms with Gasteiger partial charge in [-0.25, -0.2) is 0 Å². The minimum Gasteiger partial charge on any atom is -0.497 e. The summed E-state index contributed by atoms with van der Waals surface area (Å²) in [5, 5.41) is 9.07. The molecule has 0 radical (unpaired) electrons. The maximum atomic E-state index is 11.4. The van der Waals surface area contributed by atoms with Gasteiger partial charge < -0.3 is 9.53 Å². The fourth-order valence-corrected chi connectivity index (χ4v) is 3.21. The SMILES string of the molecule is COc1ccc(C(C)C)c(C(=N[C@@H](CC=O)/C(C)=N/N=C(C)C)c2ccc(Cl)cc2)c1. The van der Waals surface area contributed by atoms with Crippen molar-refractivity contribution < 1.29 is 9.53 Å². The highest BCUT2D eigenvalue weighted by Crippen LogP contribution is 2.28. The second-order valence-electron chi connectivity index (χ2n) is 7.80. The zero-order valence-electron chi connectivity index (χ0n) is 19.0. The summed E-state index contributed by atoms with van der Waals surface area (Å²) >= 11 is 6.13. The van der Waals surface area contributed by atoms with Gasteiger partial charge >= 0.3 is 0 Å². The van der Waals surface area contributed by atoms with Crippen molar-refractivity contribution in [3.05, 3.63) is 64.2 Å². The molecule has 0 aromatic heterocycles. The third kappa shape index (κ3) is 6.86. The smallest absolute Gasteiger partial charge is 0.122 e. The lowest BCUT2D eigenvalue weighted by molar-refractivity contribution is -0.107. The van der Waals surface area contributed by atoms with Crippen LogP contribution in [0, 0.1) is 0 Å². The van der Waals surface area contributed by atoms with Crippen LogP contribution in [0.1, 0.15) is 63.6 Å². The van der Waals surface area contributed by atoms with Crippen molar-refractivity contribution in [2.75, 3.05) is 7.11 Å². The quantitative estimate of drug-likeness (QED) is 0.268. The molecule has 1 atom stereocenters. The summed E-state index contributed by atoms with van der Waals surface area (Å²) in [6, 6.07) is 13.1. The molecule has 2 rings (SSSR count).